The first-order valence-corrected chi connectivity index (χ1v) is 13.2. The number of carboxylic acid groups (broad SMARTS) is 1. The molecule has 1 aliphatic carbocycles. The second kappa shape index (κ2) is 15.6. The van der Waals surface area contributed by atoms with E-state index in [0.29, 0.717) is 13.0 Å². The second-order valence-corrected chi connectivity index (χ2v) is 9.54. The Bertz CT molecular complexity index is 1040. The molecule has 1 atom stereocenters. The molecule has 0 saturated carbocycles. The highest BCUT2D eigenvalue weighted by atomic mass is 16.5. The number of fused-ring (bicyclic) bond motifs is 1. The van der Waals surface area contributed by atoms with Crippen LogP contribution >= 0.6 is 0 Å². The molecule has 6 nitrogen and oxygen atoms in total. The Labute approximate surface area is 222 Å². The van der Waals surface area contributed by atoms with Crippen molar-refractivity contribution in [2.45, 2.75) is 71.8 Å². The van der Waals surface area contributed by atoms with Crippen LogP contribution in [0.2, 0.25) is 0 Å². The molecule has 2 aromatic rings. The van der Waals surface area contributed by atoms with Crippen LogP contribution in [0.4, 0.5) is 5.69 Å². The second-order valence-electron chi connectivity index (χ2n) is 9.54. The predicted molar refractivity (Wildman–Crippen MR) is 153 cm³/mol. The van der Waals surface area contributed by atoms with Crippen LogP contribution in [0, 0.1) is 0 Å². The average Bonchev–Trinajstić information content (AvgIpc) is 2.89. The molecule has 6 heteroatoms. The number of nitrogens with two attached hydrogens (primary N) is 1. The molecule has 0 radical (unpaired) electrons. The van der Waals surface area contributed by atoms with Gasteiger partial charge in [-0.25, -0.2) is 0 Å². The highest BCUT2D eigenvalue weighted by Crippen LogP contribution is 2.35. The molecule has 0 aromatic heterocycles. The fraction of sp³-hybridized carbons (Fsp3) is 0.452. The van der Waals surface area contributed by atoms with E-state index >= 15 is 0 Å². The SMILES string of the molecule is CCCCCC1=CCCc2c(OCC/C(N)=C(\C)OC(C)c3ccc(N(C)C)cc3)cccc21.O=CO. The first-order chi connectivity index (χ1) is 17.8. The van der Waals surface area contributed by atoms with Crippen LogP contribution in [0.3, 0.4) is 0 Å². The average molecular weight is 509 g/mol. The zero-order chi connectivity index (χ0) is 27.2. The summed E-state index contributed by atoms with van der Waals surface area (Å²) in [4.78, 5) is 10.5. The maximum atomic E-state index is 8.36. The van der Waals surface area contributed by atoms with Gasteiger partial charge in [-0.2, -0.15) is 0 Å². The fourth-order valence-electron chi connectivity index (χ4n) is 4.46. The number of unbranched alkanes of at least 4 members (excludes halogenated alkanes) is 2. The van der Waals surface area contributed by atoms with E-state index in [0.717, 1.165) is 42.0 Å². The Hall–Kier alpha value is -3.41. The Morgan fingerprint density at radius 2 is 1.86 bits per heavy atom. The minimum absolute atomic E-state index is 0.0604. The van der Waals surface area contributed by atoms with Gasteiger partial charge in [0.25, 0.3) is 6.47 Å². The molecule has 0 aliphatic heterocycles. The number of nitrogens with zero attached hydrogens (tertiary/aromatic N) is 1. The molecule has 0 spiro atoms. The minimum Gasteiger partial charge on any atom is -0.493 e. The Balaban J connectivity index is 0.00000153. The van der Waals surface area contributed by atoms with E-state index in [1.165, 1.54) is 41.6 Å². The van der Waals surface area contributed by atoms with Crippen molar-refractivity contribution in [2.75, 3.05) is 25.6 Å². The van der Waals surface area contributed by atoms with Gasteiger partial charge in [-0.3, -0.25) is 4.79 Å². The molecular formula is C31H44N2O4. The van der Waals surface area contributed by atoms with E-state index in [2.05, 4.69) is 67.3 Å². The smallest absolute Gasteiger partial charge is 0.290 e. The predicted octanol–water partition coefficient (Wildman–Crippen LogP) is 7.10. The summed E-state index contributed by atoms with van der Waals surface area (Å²) < 4.78 is 12.4. The molecule has 0 fully saturated rings. The number of hydrogen-bond acceptors (Lipinski definition) is 5. The van der Waals surface area contributed by atoms with Crippen molar-refractivity contribution in [2.24, 2.45) is 5.73 Å². The highest BCUT2D eigenvalue weighted by molar-refractivity contribution is 5.72. The zero-order valence-electron chi connectivity index (χ0n) is 23.1. The first-order valence-electron chi connectivity index (χ1n) is 13.2. The van der Waals surface area contributed by atoms with E-state index in [1.54, 1.807) is 0 Å². The van der Waals surface area contributed by atoms with E-state index in [1.807, 2.05) is 21.0 Å². The first kappa shape index (κ1) is 29.8. The normalized spacial score (nSPS) is 13.7. The summed E-state index contributed by atoms with van der Waals surface area (Å²) >= 11 is 0. The molecule has 37 heavy (non-hydrogen) atoms. The lowest BCUT2D eigenvalue weighted by molar-refractivity contribution is -0.122. The maximum Gasteiger partial charge on any atom is 0.290 e. The molecule has 3 N–H and O–H groups in total. The van der Waals surface area contributed by atoms with Gasteiger partial charge in [-0.1, -0.05) is 50.1 Å². The van der Waals surface area contributed by atoms with Gasteiger partial charge in [0.15, 0.2) is 0 Å². The lowest BCUT2D eigenvalue weighted by Crippen LogP contribution is -2.11. The summed E-state index contributed by atoms with van der Waals surface area (Å²) in [5, 5.41) is 6.89. The van der Waals surface area contributed by atoms with E-state index < -0.39 is 0 Å². The van der Waals surface area contributed by atoms with Gasteiger partial charge >= 0.3 is 0 Å². The van der Waals surface area contributed by atoms with E-state index in [-0.39, 0.29) is 12.6 Å². The summed E-state index contributed by atoms with van der Waals surface area (Å²) in [6.07, 6.45) is 10.1. The molecule has 0 saturated heterocycles. The molecule has 0 amide bonds. The number of allylic oxidation sites excluding steroid dienone is 3. The summed E-state index contributed by atoms with van der Waals surface area (Å²) in [5.74, 6) is 1.77. The zero-order valence-corrected chi connectivity index (χ0v) is 23.1. The number of hydrogen-bond donors (Lipinski definition) is 2. The molecule has 2 aromatic carbocycles. The summed E-state index contributed by atoms with van der Waals surface area (Å²) in [7, 11) is 4.08. The number of anilines is 1. The van der Waals surface area contributed by atoms with Crippen molar-refractivity contribution in [1.29, 1.82) is 0 Å². The number of ether oxygens (including phenoxy) is 2. The quantitative estimate of drug-likeness (QED) is 0.181. The monoisotopic (exact) mass is 508 g/mol. The van der Waals surface area contributed by atoms with Gasteiger partial charge in [0.05, 0.1) is 6.61 Å². The van der Waals surface area contributed by atoms with Crippen molar-refractivity contribution in [3.63, 3.8) is 0 Å². The van der Waals surface area contributed by atoms with E-state index in [4.69, 9.17) is 25.1 Å². The van der Waals surface area contributed by atoms with E-state index in [9.17, 15) is 0 Å². The molecule has 1 aliphatic rings. The number of benzene rings is 2. The Morgan fingerprint density at radius 1 is 1.16 bits per heavy atom. The van der Waals surface area contributed by atoms with Gasteiger partial charge in [0, 0.05) is 37.5 Å². The number of rotatable bonds is 12. The van der Waals surface area contributed by atoms with Crippen molar-refractivity contribution >= 4 is 17.7 Å². The van der Waals surface area contributed by atoms with Crippen LogP contribution in [0.25, 0.3) is 5.57 Å². The highest BCUT2D eigenvalue weighted by Gasteiger charge is 2.17. The van der Waals surface area contributed by atoms with Crippen molar-refractivity contribution in [1.82, 2.24) is 0 Å². The van der Waals surface area contributed by atoms with Crippen molar-refractivity contribution < 1.29 is 19.4 Å². The molecule has 202 valence electrons. The van der Waals surface area contributed by atoms with Gasteiger partial charge in [0.1, 0.15) is 17.6 Å². The molecule has 3 rings (SSSR count). The van der Waals surface area contributed by atoms with Crippen LogP contribution in [-0.4, -0.2) is 32.3 Å². The summed E-state index contributed by atoms with van der Waals surface area (Å²) in [6, 6.07) is 14.9. The van der Waals surface area contributed by atoms with Crippen LogP contribution in [0.1, 0.15) is 82.1 Å². The largest absolute Gasteiger partial charge is 0.493 e. The molecule has 0 heterocycles. The third kappa shape index (κ3) is 9.19. The maximum absolute atomic E-state index is 8.36. The van der Waals surface area contributed by atoms with Gasteiger partial charge in [-0.15, -0.1) is 0 Å². The van der Waals surface area contributed by atoms with Crippen molar-refractivity contribution in [3.8, 4) is 5.75 Å². The lowest BCUT2D eigenvalue weighted by Gasteiger charge is -2.21. The van der Waals surface area contributed by atoms with Crippen LogP contribution in [-0.2, 0) is 16.0 Å². The van der Waals surface area contributed by atoms with Gasteiger partial charge < -0.3 is 25.2 Å². The van der Waals surface area contributed by atoms with Crippen LogP contribution in [0.15, 0.2) is 60.0 Å². The standard InChI is InChI=1S/C30H42N2O2.CH2O2/c1-6-7-8-11-25-12-9-14-28-27(25)13-10-15-30(28)33-21-20-29(31)23(3)34-22(2)24-16-18-26(19-17-24)32(4)5;2-1-3/h10,12-13,15-19,22H,6-9,11,14,20-21,31H2,1-5H3;1H,(H,2,3)/b29-23-;. The number of carbonyl (C=O) groups is 1. The van der Waals surface area contributed by atoms with Crippen molar-refractivity contribution in [3.05, 3.63) is 76.7 Å². The third-order valence-electron chi connectivity index (χ3n) is 6.63. The molecule has 0 bridgehead atoms. The Morgan fingerprint density at radius 3 is 2.51 bits per heavy atom. The van der Waals surface area contributed by atoms with Gasteiger partial charge in [0.2, 0.25) is 0 Å². The van der Waals surface area contributed by atoms with Crippen LogP contribution in [0.5, 0.6) is 5.75 Å². The van der Waals surface area contributed by atoms with Crippen LogP contribution < -0.4 is 15.4 Å². The summed E-state index contributed by atoms with van der Waals surface area (Å²) in [6.45, 7) is 6.55. The third-order valence-corrected chi connectivity index (χ3v) is 6.63. The Kier molecular flexibility index (Phi) is 12.6. The molecular weight excluding hydrogens is 464 g/mol. The minimum atomic E-state index is -0.250. The molecule has 1 unspecified atom stereocenters. The summed E-state index contributed by atoms with van der Waals surface area (Å²) in [5.41, 5.74) is 13.6. The topological polar surface area (TPSA) is 85.0 Å². The lowest BCUT2D eigenvalue weighted by atomic mass is 9.87. The van der Waals surface area contributed by atoms with Gasteiger partial charge in [-0.05, 0) is 74.4 Å². The fourth-order valence-corrected chi connectivity index (χ4v) is 4.46.